The summed E-state index contributed by atoms with van der Waals surface area (Å²) in [5, 5.41) is -1.28. The van der Waals surface area contributed by atoms with Crippen LogP contribution >= 0.6 is 25.3 Å². The van der Waals surface area contributed by atoms with Crippen molar-refractivity contribution in [3.63, 3.8) is 0 Å². The van der Waals surface area contributed by atoms with Crippen molar-refractivity contribution in [3.05, 3.63) is 0 Å². The predicted molar refractivity (Wildman–Crippen MR) is 176 cm³/mol. The molecule has 0 aliphatic rings. The molecule has 0 unspecified atom stereocenters. The number of carbonyl (C=O) groups is 2. The van der Waals surface area contributed by atoms with Crippen molar-refractivity contribution in [2.24, 2.45) is 11.5 Å². The van der Waals surface area contributed by atoms with E-state index in [0.29, 0.717) is 0 Å². The summed E-state index contributed by atoms with van der Waals surface area (Å²) in [4.78, 5) is 18.2. The molecule has 8 nitrogen and oxygen atoms in total. The number of thiol groups is 2. The zero-order chi connectivity index (χ0) is 31.2. The topological polar surface area (TPSA) is 161 Å². The Balaban J connectivity index is -0.0000000994. The molecular formula is C28H64MoN2O6S3. The third-order valence-electron chi connectivity index (χ3n) is 5.41. The molecular weight excluding hydrogens is 652 g/mol. The Morgan fingerprint density at radius 3 is 0.625 bits per heavy atom. The third kappa shape index (κ3) is 130. The Morgan fingerprint density at radius 1 is 0.475 bits per heavy atom. The van der Waals surface area contributed by atoms with E-state index in [1.165, 1.54) is 141 Å². The summed E-state index contributed by atoms with van der Waals surface area (Å²) < 4.78 is 31.6. The quantitative estimate of drug-likeness (QED) is 0.0318. The van der Waals surface area contributed by atoms with E-state index in [-0.39, 0.29) is 21.1 Å². The van der Waals surface area contributed by atoms with Crippen LogP contribution < -0.4 is 11.5 Å². The molecule has 0 aliphatic heterocycles. The van der Waals surface area contributed by atoms with Crippen molar-refractivity contribution in [2.45, 2.75) is 169 Å². The molecule has 246 valence electrons. The first-order chi connectivity index (χ1) is 18.3. The molecule has 0 heterocycles. The molecule has 0 saturated carbocycles. The van der Waals surface area contributed by atoms with E-state index in [9.17, 15) is 0 Å². The fraction of sp³-hybridized carbons (Fsp3) is 0.929. The van der Waals surface area contributed by atoms with Gasteiger partial charge in [0.15, 0.2) is 0 Å². The average Bonchev–Trinajstić information content (AvgIpc) is 2.81. The van der Waals surface area contributed by atoms with Crippen LogP contribution in [-0.4, -0.2) is 28.0 Å². The Morgan fingerprint density at radius 2 is 0.550 bits per heavy atom. The van der Waals surface area contributed by atoms with E-state index < -0.39 is 20.9 Å². The Hall–Kier alpha value is 0.198. The normalized spacial score (nSPS) is 9.60. The van der Waals surface area contributed by atoms with E-state index in [4.69, 9.17) is 27.1 Å². The van der Waals surface area contributed by atoms with Crippen molar-refractivity contribution in [2.75, 3.05) is 0 Å². The molecule has 0 bridgehead atoms. The van der Waals surface area contributed by atoms with Crippen molar-refractivity contribution in [3.8, 4) is 0 Å². The van der Waals surface area contributed by atoms with Gasteiger partial charge in [-0.3, -0.25) is 18.7 Å². The first-order valence-electron chi connectivity index (χ1n) is 15.0. The zero-order valence-electron chi connectivity index (χ0n) is 25.9. The van der Waals surface area contributed by atoms with Crippen LogP contribution in [0.5, 0.6) is 0 Å². The first kappa shape index (κ1) is 52.8. The van der Waals surface area contributed by atoms with Gasteiger partial charge in [0, 0.05) is 21.1 Å². The zero-order valence-corrected chi connectivity index (χ0v) is 30.6. The number of amides is 2. The number of rotatable bonds is 20. The van der Waals surface area contributed by atoms with Gasteiger partial charge < -0.3 is 11.5 Å². The summed E-state index contributed by atoms with van der Waals surface area (Å²) in [6, 6.07) is 0. The van der Waals surface area contributed by atoms with E-state index >= 15 is 0 Å². The van der Waals surface area contributed by atoms with Crippen LogP contribution in [0.1, 0.15) is 169 Å². The summed E-state index contributed by atoms with van der Waals surface area (Å²) in [5.74, 6) is 0. The van der Waals surface area contributed by atoms with Crippen LogP contribution in [0.3, 0.4) is 0 Å². The largest absolute Gasteiger partial charge is 0.394 e. The van der Waals surface area contributed by atoms with Crippen LogP contribution in [0.15, 0.2) is 0 Å². The minimum Gasteiger partial charge on any atom is -0.361 e. The number of hydrogen-bond donors (Lipinski definition) is 6. The van der Waals surface area contributed by atoms with E-state index in [1.54, 1.807) is 0 Å². The monoisotopic (exact) mass is 718 g/mol. The standard InChI is InChI=1S/2C13H28.2CH3NOS.Mo.H2O4S/c2*1-3-5-7-9-11-13-12-10-8-6-4-2;2*2-1(3)4;;1-5(2,3)4/h2*3-13H2,1-2H3;2*(H3,2,3,4);;(H2,1,2,3,4). The fourth-order valence-corrected chi connectivity index (χ4v) is 3.47. The van der Waals surface area contributed by atoms with Crippen LogP contribution in [0, 0.1) is 0 Å². The third-order valence-corrected chi connectivity index (χ3v) is 5.41. The number of unbranched alkanes of at least 4 members (excludes halogenated alkanes) is 20. The van der Waals surface area contributed by atoms with Gasteiger partial charge >= 0.3 is 10.4 Å². The maximum absolute atomic E-state index is 9.09. The smallest absolute Gasteiger partial charge is 0.361 e. The summed E-state index contributed by atoms with van der Waals surface area (Å²) in [5.41, 5.74) is 8.67. The van der Waals surface area contributed by atoms with E-state index in [0.717, 1.165) is 0 Å². The summed E-state index contributed by atoms with van der Waals surface area (Å²) in [6.07, 6.45) is 31.9. The van der Waals surface area contributed by atoms with Crippen LogP contribution in [-0.2, 0) is 31.5 Å². The van der Waals surface area contributed by atoms with Gasteiger partial charge in [-0.05, 0) is 0 Å². The molecule has 0 radical (unpaired) electrons. The maximum atomic E-state index is 9.09. The van der Waals surface area contributed by atoms with Crippen molar-refractivity contribution >= 4 is 46.1 Å². The molecule has 0 spiro atoms. The van der Waals surface area contributed by atoms with E-state index in [1.807, 2.05) is 0 Å². The minimum absolute atomic E-state index is 0. The predicted octanol–water partition coefficient (Wildman–Crippen LogP) is 9.97. The SMILES string of the molecule is CCCCCCCCCCCCC.CCCCCCCCCCCCC.NC(=O)S.NC(=O)S.O=S(=O)(O)O.[Mo]. The number of carbonyl (C=O) groups excluding carboxylic acids is 2. The molecule has 0 atom stereocenters. The second kappa shape index (κ2) is 48.9. The summed E-state index contributed by atoms with van der Waals surface area (Å²) >= 11 is 6.21. The Labute approximate surface area is 273 Å². The number of hydrogen-bond acceptors (Lipinski definition) is 4. The second-order valence-corrected chi connectivity index (χ2v) is 11.3. The van der Waals surface area contributed by atoms with E-state index in [2.05, 4.69) is 64.4 Å². The Kier molecular flexibility index (Phi) is 64.6. The molecule has 12 heteroatoms. The molecule has 0 aromatic rings. The van der Waals surface area contributed by atoms with Crippen molar-refractivity contribution in [1.82, 2.24) is 0 Å². The van der Waals surface area contributed by atoms with Gasteiger partial charge in [0.25, 0.3) is 10.5 Å². The molecule has 0 aromatic carbocycles. The van der Waals surface area contributed by atoms with Gasteiger partial charge in [0.1, 0.15) is 0 Å². The van der Waals surface area contributed by atoms with Gasteiger partial charge in [-0.15, -0.1) is 0 Å². The summed E-state index contributed by atoms with van der Waals surface area (Å²) in [7, 11) is -4.67. The maximum Gasteiger partial charge on any atom is 0.394 e. The number of nitrogens with two attached hydrogens (primary N) is 2. The summed E-state index contributed by atoms with van der Waals surface area (Å²) in [6.45, 7) is 9.13. The molecule has 0 rings (SSSR count). The molecule has 2 amide bonds. The fourth-order valence-electron chi connectivity index (χ4n) is 3.47. The van der Waals surface area contributed by atoms with Gasteiger partial charge in [-0.2, -0.15) is 8.42 Å². The Bertz CT molecular complexity index is 502. The molecule has 40 heavy (non-hydrogen) atoms. The molecule has 0 aromatic heterocycles. The molecule has 0 fully saturated rings. The van der Waals surface area contributed by atoms with Crippen molar-refractivity contribution in [1.29, 1.82) is 0 Å². The van der Waals surface area contributed by atoms with Gasteiger partial charge in [0.05, 0.1) is 0 Å². The number of primary amides is 2. The first-order valence-corrected chi connectivity index (χ1v) is 17.3. The van der Waals surface area contributed by atoms with Crippen LogP contribution in [0.25, 0.3) is 0 Å². The van der Waals surface area contributed by atoms with Crippen LogP contribution in [0.2, 0.25) is 0 Å². The molecule has 0 aliphatic carbocycles. The van der Waals surface area contributed by atoms with Crippen LogP contribution in [0.4, 0.5) is 9.59 Å². The second-order valence-electron chi connectivity index (χ2n) is 9.49. The molecule has 6 N–H and O–H groups in total. The molecule has 0 saturated heterocycles. The van der Waals surface area contributed by atoms with Gasteiger partial charge in [-0.1, -0.05) is 194 Å². The van der Waals surface area contributed by atoms with Crippen molar-refractivity contribution < 1.29 is 48.2 Å². The van der Waals surface area contributed by atoms with Gasteiger partial charge in [-0.25, -0.2) is 0 Å². The average molecular weight is 717 g/mol. The van der Waals surface area contributed by atoms with Gasteiger partial charge in [0.2, 0.25) is 0 Å². The minimum atomic E-state index is -4.67.